The van der Waals surface area contributed by atoms with Crippen LogP contribution < -0.4 is 5.32 Å². The first-order chi connectivity index (χ1) is 35.3. The Morgan fingerprint density at radius 3 is 1.21 bits per heavy atom. The molecule has 1 aliphatic rings. The number of rotatable bonds is 53. The Kier molecular flexibility index (Phi) is 48.9. The number of hydrogen-bond acceptors (Lipinski definition) is 9. The molecular weight excluding hydrogens is 903 g/mol. The minimum atomic E-state index is -1.62. The third-order valence-corrected chi connectivity index (χ3v) is 14.8. The van der Waals surface area contributed by atoms with Crippen LogP contribution in [0.15, 0.2) is 36.5 Å². The quantitative estimate of drug-likeness (QED) is 0.0232. The smallest absolute Gasteiger partial charge is 0.249 e. The zero-order chi connectivity index (χ0) is 52.4. The van der Waals surface area contributed by atoms with E-state index in [2.05, 4.69) is 43.5 Å². The second kappa shape index (κ2) is 51.5. The lowest BCUT2D eigenvalue weighted by molar-refractivity contribution is -0.302. The summed E-state index contributed by atoms with van der Waals surface area (Å²) in [6.45, 7) is 3.62. The predicted molar refractivity (Wildman–Crippen MR) is 301 cm³/mol. The van der Waals surface area contributed by atoms with Gasteiger partial charge in [0.1, 0.15) is 30.5 Å². The third-order valence-electron chi connectivity index (χ3n) is 14.8. The minimum absolute atomic E-state index is 0.306. The highest BCUT2D eigenvalue weighted by Crippen LogP contribution is 2.23. The lowest BCUT2D eigenvalue weighted by Gasteiger charge is -2.40. The molecule has 1 fully saturated rings. The SMILES string of the molecule is CCCCCCCCCCC/C=C/CC/C=C/C(O)C(COC1OC(CO)C(O)C(O)C1O)NC(=O)C(O)CCCCCCCCCCCCCCCCCC/C=C\CCCCCCCCCCCCCC. The number of allylic oxidation sites excluding steroid dienone is 5. The molecule has 0 saturated carbocycles. The normalized spacial score (nSPS) is 19.8. The second-order valence-corrected chi connectivity index (χ2v) is 21.6. The number of hydrogen-bond donors (Lipinski definition) is 7. The van der Waals surface area contributed by atoms with Crippen LogP contribution in [0.5, 0.6) is 0 Å². The van der Waals surface area contributed by atoms with Crippen LogP contribution in [-0.2, 0) is 14.3 Å². The van der Waals surface area contributed by atoms with Gasteiger partial charge in [-0.15, -0.1) is 0 Å². The van der Waals surface area contributed by atoms with Crippen molar-refractivity contribution >= 4 is 5.91 Å². The number of aliphatic hydroxyl groups is 6. The van der Waals surface area contributed by atoms with Crippen LogP contribution in [-0.4, -0.2) is 98.7 Å². The Balaban J connectivity index is 2.17. The highest BCUT2D eigenvalue weighted by atomic mass is 16.7. The highest BCUT2D eigenvalue weighted by Gasteiger charge is 2.44. The van der Waals surface area contributed by atoms with Crippen molar-refractivity contribution in [2.45, 2.75) is 339 Å². The molecule has 8 atom stereocenters. The third kappa shape index (κ3) is 39.7. The maximum Gasteiger partial charge on any atom is 0.249 e. The van der Waals surface area contributed by atoms with Crippen molar-refractivity contribution in [3.05, 3.63) is 36.5 Å². The van der Waals surface area contributed by atoms with Crippen LogP contribution in [0, 0.1) is 0 Å². The average molecular weight is 1020 g/mol. The molecule has 1 rings (SSSR count). The number of nitrogens with one attached hydrogen (secondary N) is 1. The monoisotopic (exact) mass is 1020 g/mol. The molecule has 1 saturated heterocycles. The van der Waals surface area contributed by atoms with E-state index in [1.165, 1.54) is 225 Å². The van der Waals surface area contributed by atoms with E-state index in [4.69, 9.17) is 9.47 Å². The summed E-state index contributed by atoms with van der Waals surface area (Å²) < 4.78 is 11.2. The minimum Gasteiger partial charge on any atom is -0.394 e. The Hall–Kier alpha value is -1.63. The molecule has 72 heavy (non-hydrogen) atoms. The molecule has 10 heteroatoms. The first-order valence-electron chi connectivity index (χ1n) is 30.8. The van der Waals surface area contributed by atoms with Crippen LogP contribution in [0.2, 0.25) is 0 Å². The van der Waals surface area contributed by atoms with E-state index in [1.54, 1.807) is 6.08 Å². The van der Waals surface area contributed by atoms with Crippen LogP contribution in [0.4, 0.5) is 0 Å². The summed E-state index contributed by atoms with van der Waals surface area (Å²) in [6, 6.07) is -0.996. The Morgan fingerprint density at radius 1 is 0.472 bits per heavy atom. The molecule has 10 nitrogen and oxygen atoms in total. The van der Waals surface area contributed by atoms with Gasteiger partial charge in [0.15, 0.2) is 6.29 Å². The molecule has 0 radical (unpaired) electrons. The van der Waals surface area contributed by atoms with E-state index >= 15 is 0 Å². The molecule has 0 aromatic rings. The Bertz CT molecular complexity index is 1240. The van der Waals surface area contributed by atoms with Gasteiger partial charge in [0.2, 0.25) is 5.91 Å². The number of carbonyl (C=O) groups is 1. The van der Waals surface area contributed by atoms with Crippen LogP contribution in [0.25, 0.3) is 0 Å². The van der Waals surface area contributed by atoms with Crippen LogP contribution >= 0.6 is 0 Å². The zero-order valence-corrected chi connectivity index (χ0v) is 46.8. The molecule has 0 aromatic carbocycles. The molecule has 0 aromatic heterocycles. The van der Waals surface area contributed by atoms with Crippen LogP contribution in [0.3, 0.4) is 0 Å². The number of aliphatic hydroxyl groups excluding tert-OH is 6. The van der Waals surface area contributed by atoms with Crippen molar-refractivity contribution in [3.63, 3.8) is 0 Å². The second-order valence-electron chi connectivity index (χ2n) is 21.6. The Labute approximate surface area is 443 Å². The summed E-state index contributed by atoms with van der Waals surface area (Å²) in [5, 5.41) is 65.0. The molecule has 0 aliphatic carbocycles. The summed E-state index contributed by atoms with van der Waals surface area (Å²) in [4.78, 5) is 13.1. The molecule has 1 aliphatic heterocycles. The summed E-state index contributed by atoms with van der Waals surface area (Å²) in [5.41, 5.74) is 0. The van der Waals surface area contributed by atoms with Crippen molar-refractivity contribution < 1.29 is 44.9 Å². The van der Waals surface area contributed by atoms with Crippen molar-refractivity contribution in [3.8, 4) is 0 Å². The zero-order valence-electron chi connectivity index (χ0n) is 46.8. The average Bonchev–Trinajstić information content (AvgIpc) is 3.38. The van der Waals surface area contributed by atoms with Gasteiger partial charge in [-0.05, 0) is 57.8 Å². The van der Waals surface area contributed by atoms with E-state index in [-0.39, 0.29) is 6.61 Å². The maximum absolute atomic E-state index is 13.1. The predicted octanol–water partition coefficient (Wildman–Crippen LogP) is 14.5. The summed E-state index contributed by atoms with van der Waals surface area (Å²) >= 11 is 0. The number of unbranched alkanes of at least 4 members (excludes halogenated alkanes) is 38. The van der Waals surface area contributed by atoms with Gasteiger partial charge in [0.05, 0.1) is 25.4 Å². The summed E-state index contributed by atoms with van der Waals surface area (Å²) in [7, 11) is 0. The number of carbonyl (C=O) groups excluding carboxylic acids is 1. The molecule has 1 heterocycles. The van der Waals surface area contributed by atoms with E-state index in [0.29, 0.717) is 19.3 Å². The fourth-order valence-electron chi connectivity index (χ4n) is 9.82. The van der Waals surface area contributed by atoms with Gasteiger partial charge in [-0.1, -0.05) is 269 Å². The van der Waals surface area contributed by atoms with Gasteiger partial charge < -0.3 is 45.4 Å². The summed E-state index contributed by atoms with van der Waals surface area (Å²) in [5.74, 6) is -0.623. The fourth-order valence-corrected chi connectivity index (χ4v) is 9.82. The van der Waals surface area contributed by atoms with E-state index in [0.717, 1.165) is 32.1 Å². The summed E-state index contributed by atoms with van der Waals surface area (Å²) in [6.07, 6.45) is 57.0. The van der Waals surface area contributed by atoms with Gasteiger partial charge >= 0.3 is 0 Å². The van der Waals surface area contributed by atoms with Gasteiger partial charge in [0.25, 0.3) is 0 Å². The van der Waals surface area contributed by atoms with Gasteiger partial charge in [-0.3, -0.25) is 4.79 Å². The standard InChI is InChI=1S/C62H117NO9/c1-3-5-7-9-11-13-15-17-19-20-21-22-23-24-25-26-27-28-29-30-31-32-33-34-35-37-39-41-43-45-47-49-51-56(66)61(70)63-54(53-71-62-60(69)59(68)58(67)57(52-64)72-62)55(65)50-48-46-44-42-40-38-36-18-16-14-12-10-8-6-4-2/h24-25,40,42,48,50,54-60,62,64-69H,3-23,26-39,41,43-47,49,51-53H2,1-2H3,(H,63,70)/b25-24-,42-40+,50-48+. The lowest BCUT2D eigenvalue weighted by atomic mass is 9.99. The van der Waals surface area contributed by atoms with Crippen molar-refractivity contribution in [2.24, 2.45) is 0 Å². The van der Waals surface area contributed by atoms with Crippen molar-refractivity contribution in [1.29, 1.82) is 0 Å². The van der Waals surface area contributed by atoms with Gasteiger partial charge in [0, 0.05) is 0 Å². The molecular formula is C62H117NO9. The molecule has 424 valence electrons. The topological polar surface area (TPSA) is 169 Å². The van der Waals surface area contributed by atoms with E-state index < -0.39 is 61.5 Å². The first-order valence-corrected chi connectivity index (χ1v) is 30.8. The van der Waals surface area contributed by atoms with Crippen LogP contribution in [0.1, 0.15) is 290 Å². The fraction of sp³-hybridized carbons (Fsp3) is 0.887. The van der Waals surface area contributed by atoms with E-state index in [1.807, 2.05) is 6.08 Å². The first kappa shape index (κ1) is 68.4. The number of amides is 1. The molecule has 7 N–H and O–H groups in total. The maximum atomic E-state index is 13.1. The van der Waals surface area contributed by atoms with E-state index in [9.17, 15) is 35.4 Å². The lowest BCUT2D eigenvalue weighted by Crippen LogP contribution is -2.60. The van der Waals surface area contributed by atoms with Gasteiger partial charge in [-0.2, -0.15) is 0 Å². The van der Waals surface area contributed by atoms with Gasteiger partial charge in [-0.25, -0.2) is 0 Å². The largest absolute Gasteiger partial charge is 0.394 e. The molecule has 8 unspecified atom stereocenters. The van der Waals surface area contributed by atoms with Crippen molar-refractivity contribution in [2.75, 3.05) is 13.2 Å². The molecule has 0 spiro atoms. The highest BCUT2D eigenvalue weighted by molar-refractivity contribution is 5.80. The van der Waals surface area contributed by atoms with Crippen molar-refractivity contribution in [1.82, 2.24) is 5.32 Å². The Morgan fingerprint density at radius 2 is 0.819 bits per heavy atom. The number of ether oxygens (including phenoxy) is 2. The molecule has 0 bridgehead atoms. The molecule has 1 amide bonds.